The van der Waals surface area contributed by atoms with Gasteiger partial charge >= 0.3 is 0 Å². The summed E-state index contributed by atoms with van der Waals surface area (Å²) >= 11 is 0. The van der Waals surface area contributed by atoms with Crippen LogP contribution in [0, 0.1) is 0 Å². The number of hydrogen-bond acceptors (Lipinski definition) is 1. The molecule has 2 nitrogen and oxygen atoms in total. The van der Waals surface area contributed by atoms with Crippen LogP contribution in [0.4, 0.5) is 0 Å². The molecule has 8 aromatic carbocycles. The van der Waals surface area contributed by atoms with Crippen LogP contribution in [0.2, 0.25) is 0 Å². The summed E-state index contributed by atoms with van der Waals surface area (Å²) in [7, 11) is 0. The van der Waals surface area contributed by atoms with E-state index in [0.29, 0.717) is 0 Å². The highest BCUT2D eigenvalue weighted by Gasteiger charge is 2.20. The highest BCUT2D eigenvalue weighted by Crippen LogP contribution is 2.47. The maximum atomic E-state index is 6.33. The Hall–Kier alpha value is -6.12. The first kappa shape index (κ1) is 25.2. The molecular weight excluding hydrogens is 558 g/mol. The van der Waals surface area contributed by atoms with Crippen LogP contribution in [-0.2, 0) is 0 Å². The van der Waals surface area contributed by atoms with Gasteiger partial charge in [0.1, 0.15) is 11.5 Å². The molecule has 0 atom stereocenters. The first-order valence-corrected chi connectivity index (χ1v) is 15.8. The Morgan fingerprint density at radius 2 is 1.09 bits per heavy atom. The molecule has 0 bridgehead atoms. The zero-order chi connectivity index (χ0) is 30.2. The zero-order valence-electron chi connectivity index (χ0n) is 24.9. The highest BCUT2D eigenvalue weighted by molar-refractivity contribution is 6.19. The number of rotatable bonds is 3. The van der Waals surface area contributed by atoms with Gasteiger partial charge in [-0.25, -0.2) is 0 Å². The van der Waals surface area contributed by atoms with Crippen LogP contribution < -0.4 is 4.74 Å². The molecule has 214 valence electrons. The van der Waals surface area contributed by atoms with Gasteiger partial charge in [0.25, 0.3) is 0 Å². The summed E-state index contributed by atoms with van der Waals surface area (Å²) in [6, 6.07) is 59.1. The molecule has 46 heavy (non-hydrogen) atoms. The number of ether oxygens (including phenoxy) is 1. The van der Waals surface area contributed by atoms with Gasteiger partial charge in [0.05, 0.1) is 11.0 Å². The van der Waals surface area contributed by atoms with Crippen molar-refractivity contribution in [1.82, 2.24) is 4.57 Å². The van der Waals surface area contributed by atoms with Crippen molar-refractivity contribution in [3.05, 3.63) is 164 Å². The van der Waals surface area contributed by atoms with Crippen LogP contribution in [-0.4, -0.2) is 4.57 Å². The third-order valence-electron chi connectivity index (χ3n) is 9.57. The molecule has 1 aliphatic heterocycles. The molecule has 1 aliphatic rings. The smallest absolute Gasteiger partial charge is 0.135 e. The Labute approximate surface area is 266 Å². The molecule has 0 unspecified atom stereocenters. The molecule has 0 radical (unpaired) electrons. The number of fused-ring (bicyclic) bond motifs is 7. The molecule has 2 heteroatoms. The fraction of sp³-hybridized carbons (Fsp3) is 0. The van der Waals surface area contributed by atoms with E-state index < -0.39 is 0 Å². The lowest BCUT2D eigenvalue weighted by molar-refractivity contribution is 0.487. The minimum Gasteiger partial charge on any atom is -0.456 e. The van der Waals surface area contributed by atoms with E-state index in [1.54, 1.807) is 0 Å². The lowest BCUT2D eigenvalue weighted by atomic mass is 9.92. The summed E-state index contributed by atoms with van der Waals surface area (Å²) in [6.45, 7) is 0. The number of aromatic nitrogens is 1. The monoisotopic (exact) mass is 585 g/mol. The van der Waals surface area contributed by atoms with Crippen LogP contribution >= 0.6 is 0 Å². The van der Waals surface area contributed by atoms with Gasteiger partial charge in [-0.15, -0.1) is 0 Å². The maximum Gasteiger partial charge on any atom is 0.135 e. The fourth-order valence-corrected chi connectivity index (χ4v) is 7.40. The van der Waals surface area contributed by atoms with Crippen molar-refractivity contribution in [2.75, 3.05) is 0 Å². The lowest BCUT2D eigenvalue weighted by Crippen LogP contribution is -1.97. The van der Waals surface area contributed by atoms with Crippen molar-refractivity contribution >= 4 is 43.4 Å². The van der Waals surface area contributed by atoms with Crippen molar-refractivity contribution in [1.29, 1.82) is 0 Å². The van der Waals surface area contributed by atoms with E-state index in [0.717, 1.165) is 17.1 Å². The summed E-state index contributed by atoms with van der Waals surface area (Å²) in [5.74, 6) is 1.83. The molecule has 10 rings (SSSR count). The van der Waals surface area contributed by atoms with Crippen LogP contribution in [0.25, 0.3) is 82.4 Å². The van der Waals surface area contributed by atoms with Crippen molar-refractivity contribution in [3.8, 4) is 50.6 Å². The summed E-state index contributed by atoms with van der Waals surface area (Å²) in [5, 5.41) is 7.43. The van der Waals surface area contributed by atoms with Crippen molar-refractivity contribution < 1.29 is 4.74 Å². The second-order valence-electron chi connectivity index (χ2n) is 12.1. The highest BCUT2D eigenvalue weighted by atomic mass is 16.5. The Morgan fingerprint density at radius 1 is 0.391 bits per heavy atom. The van der Waals surface area contributed by atoms with E-state index in [2.05, 4.69) is 168 Å². The van der Waals surface area contributed by atoms with Gasteiger partial charge in [0.2, 0.25) is 0 Å². The standard InChI is InChI=1S/C44H27NO/c1-2-11-34(12-3-1)45-40-24-21-32(26-38(40)37-23-20-30-8-4-5-13-35(30)44(37)45)28-16-18-29(19-17-28)33-22-25-41-39(27-33)36-14-6-9-31-10-7-15-42(46-41)43(31)36/h1-27H. The molecule has 0 saturated carbocycles. The van der Waals surface area contributed by atoms with Crippen LogP contribution in [0.3, 0.4) is 0 Å². The molecule has 0 aliphatic carbocycles. The fourth-order valence-electron chi connectivity index (χ4n) is 7.40. The van der Waals surface area contributed by atoms with E-state index in [1.807, 2.05) is 0 Å². The van der Waals surface area contributed by atoms with Gasteiger partial charge in [-0.2, -0.15) is 0 Å². The lowest BCUT2D eigenvalue weighted by Gasteiger charge is -2.22. The van der Waals surface area contributed by atoms with E-state index in [1.165, 1.54) is 76.9 Å². The number of para-hydroxylation sites is 1. The van der Waals surface area contributed by atoms with Gasteiger partial charge in [-0.1, -0.05) is 121 Å². The van der Waals surface area contributed by atoms with Crippen molar-refractivity contribution in [2.24, 2.45) is 0 Å². The van der Waals surface area contributed by atoms with Gasteiger partial charge in [0.15, 0.2) is 0 Å². The Balaban J connectivity index is 1.08. The minimum absolute atomic E-state index is 0.905. The molecule has 0 amide bonds. The second kappa shape index (κ2) is 9.69. The Kier molecular flexibility index (Phi) is 5.31. The maximum absolute atomic E-state index is 6.33. The number of hydrogen-bond donors (Lipinski definition) is 0. The number of benzene rings is 8. The molecule has 0 spiro atoms. The van der Waals surface area contributed by atoms with Gasteiger partial charge in [-0.3, -0.25) is 0 Å². The summed E-state index contributed by atoms with van der Waals surface area (Å²) in [4.78, 5) is 0. The Morgan fingerprint density at radius 3 is 1.93 bits per heavy atom. The van der Waals surface area contributed by atoms with E-state index in [9.17, 15) is 0 Å². The van der Waals surface area contributed by atoms with Crippen molar-refractivity contribution in [2.45, 2.75) is 0 Å². The van der Waals surface area contributed by atoms with Crippen LogP contribution in [0.5, 0.6) is 11.5 Å². The molecular formula is C44H27NO. The third kappa shape index (κ3) is 3.71. The normalized spacial score (nSPS) is 12.1. The average molecular weight is 586 g/mol. The van der Waals surface area contributed by atoms with Crippen molar-refractivity contribution in [3.63, 3.8) is 0 Å². The first-order valence-electron chi connectivity index (χ1n) is 15.8. The largest absolute Gasteiger partial charge is 0.456 e. The van der Waals surface area contributed by atoms with E-state index in [-0.39, 0.29) is 0 Å². The number of nitrogens with zero attached hydrogens (tertiary/aromatic N) is 1. The average Bonchev–Trinajstić information content (AvgIpc) is 3.46. The topological polar surface area (TPSA) is 14.2 Å². The predicted octanol–water partition coefficient (Wildman–Crippen LogP) is 12.2. The first-order chi connectivity index (χ1) is 22.8. The molecule has 0 N–H and O–H groups in total. The predicted molar refractivity (Wildman–Crippen MR) is 192 cm³/mol. The summed E-state index contributed by atoms with van der Waals surface area (Å²) in [5.41, 5.74) is 10.8. The van der Waals surface area contributed by atoms with Gasteiger partial charge < -0.3 is 9.30 Å². The van der Waals surface area contributed by atoms with Crippen LogP contribution in [0.15, 0.2) is 164 Å². The third-order valence-corrected chi connectivity index (χ3v) is 9.57. The van der Waals surface area contributed by atoms with E-state index >= 15 is 0 Å². The van der Waals surface area contributed by atoms with Gasteiger partial charge in [-0.05, 0) is 81.1 Å². The minimum atomic E-state index is 0.905. The summed E-state index contributed by atoms with van der Waals surface area (Å²) in [6.07, 6.45) is 0. The molecule has 9 aromatic rings. The van der Waals surface area contributed by atoms with Crippen LogP contribution in [0.1, 0.15) is 0 Å². The molecule has 1 aromatic heterocycles. The SMILES string of the molecule is c1ccc(-n2c3ccc(-c4ccc(-c5ccc6c(c5)-c5cccc7cccc(c57)O6)cc4)cc3c3ccc4ccccc4c32)cc1. The van der Waals surface area contributed by atoms with E-state index in [4.69, 9.17) is 4.74 Å². The molecule has 2 heterocycles. The molecule has 0 fully saturated rings. The quantitative estimate of drug-likeness (QED) is 0.201. The second-order valence-corrected chi connectivity index (χ2v) is 12.1. The van der Waals surface area contributed by atoms with Gasteiger partial charge in [0, 0.05) is 32.8 Å². The zero-order valence-corrected chi connectivity index (χ0v) is 24.9. The Bertz CT molecular complexity index is 2640. The summed E-state index contributed by atoms with van der Waals surface area (Å²) < 4.78 is 8.75. The molecule has 0 saturated heterocycles.